The van der Waals surface area contributed by atoms with Crippen molar-refractivity contribution in [3.05, 3.63) is 29.8 Å². The van der Waals surface area contributed by atoms with Gasteiger partial charge in [0.25, 0.3) is 0 Å². The minimum atomic E-state index is 0.247. The van der Waals surface area contributed by atoms with Crippen LogP contribution in [0.25, 0.3) is 0 Å². The number of aryl methyl sites for hydroxylation is 1. The van der Waals surface area contributed by atoms with E-state index in [-0.39, 0.29) is 6.04 Å². The fourth-order valence-electron chi connectivity index (χ4n) is 1.70. The van der Waals surface area contributed by atoms with Crippen molar-refractivity contribution < 1.29 is 0 Å². The first-order valence-electron chi connectivity index (χ1n) is 6.08. The molecule has 0 spiro atoms. The third kappa shape index (κ3) is 3.53. The summed E-state index contributed by atoms with van der Waals surface area (Å²) < 4.78 is 0. The average Bonchev–Trinajstić information content (AvgIpc) is 2.28. The molecular formula is C14H24N2. The van der Waals surface area contributed by atoms with E-state index in [1.54, 1.807) is 0 Å². The molecule has 0 fully saturated rings. The van der Waals surface area contributed by atoms with E-state index in [9.17, 15) is 0 Å². The first-order valence-corrected chi connectivity index (χ1v) is 6.08. The zero-order chi connectivity index (χ0) is 12.1. The molecule has 0 amide bonds. The highest BCUT2D eigenvalue weighted by Gasteiger charge is 2.13. The van der Waals surface area contributed by atoms with E-state index in [1.807, 2.05) is 0 Å². The highest BCUT2D eigenvalue weighted by atomic mass is 15.1. The first-order chi connectivity index (χ1) is 7.54. The van der Waals surface area contributed by atoms with Gasteiger partial charge in [0.2, 0.25) is 0 Å². The summed E-state index contributed by atoms with van der Waals surface area (Å²) in [6.07, 6.45) is 1.14. The van der Waals surface area contributed by atoms with Crippen LogP contribution in [0.5, 0.6) is 0 Å². The summed E-state index contributed by atoms with van der Waals surface area (Å²) in [5.74, 6) is 0.577. The van der Waals surface area contributed by atoms with Gasteiger partial charge in [0.1, 0.15) is 0 Å². The van der Waals surface area contributed by atoms with E-state index in [1.165, 1.54) is 11.3 Å². The second-order valence-corrected chi connectivity index (χ2v) is 4.77. The predicted octanol–water partition coefficient (Wildman–Crippen LogP) is 2.80. The molecule has 1 aromatic carbocycles. The van der Waals surface area contributed by atoms with Gasteiger partial charge < -0.3 is 10.6 Å². The molecule has 0 radical (unpaired) electrons. The van der Waals surface area contributed by atoms with Crippen molar-refractivity contribution in [2.24, 2.45) is 11.7 Å². The van der Waals surface area contributed by atoms with Crippen LogP contribution in [-0.4, -0.2) is 19.6 Å². The molecule has 2 nitrogen and oxygen atoms in total. The van der Waals surface area contributed by atoms with Crippen molar-refractivity contribution in [2.75, 3.05) is 18.5 Å². The maximum atomic E-state index is 6.15. The van der Waals surface area contributed by atoms with E-state index >= 15 is 0 Å². The van der Waals surface area contributed by atoms with Crippen molar-refractivity contribution in [2.45, 2.75) is 33.2 Å². The molecule has 0 aliphatic carbocycles. The number of anilines is 1. The van der Waals surface area contributed by atoms with Crippen LogP contribution in [0.4, 0.5) is 5.69 Å². The fraction of sp³-hybridized carbons (Fsp3) is 0.571. The molecule has 90 valence electrons. The third-order valence-electron chi connectivity index (χ3n) is 3.33. The molecule has 0 aliphatic rings. The normalized spacial score (nSPS) is 14.6. The highest BCUT2D eigenvalue weighted by molar-refractivity contribution is 5.46. The molecule has 2 heteroatoms. The monoisotopic (exact) mass is 220 g/mol. The summed E-state index contributed by atoms with van der Waals surface area (Å²) in [5, 5.41) is 0. The van der Waals surface area contributed by atoms with Crippen LogP contribution >= 0.6 is 0 Å². The molecule has 2 atom stereocenters. The summed E-state index contributed by atoms with van der Waals surface area (Å²) in [4.78, 5) is 2.23. The lowest BCUT2D eigenvalue weighted by molar-refractivity contribution is 0.444. The maximum Gasteiger partial charge on any atom is 0.0364 e. The van der Waals surface area contributed by atoms with Gasteiger partial charge in [-0.3, -0.25) is 0 Å². The van der Waals surface area contributed by atoms with Gasteiger partial charge in [0.05, 0.1) is 0 Å². The number of rotatable bonds is 5. The Morgan fingerprint density at radius 1 is 1.25 bits per heavy atom. The molecule has 0 aliphatic heterocycles. The van der Waals surface area contributed by atoms with Gasteiger partial charge in [0, 0.05) is 25.3 Å². The summed E-state index contributed by atoms with van der Waals surface area (Å²) >= 11 is 0. The molecule has 16 heavy (non-hydrogen) atoms. The Morgan fingerprint density at radius 2 is 1.81 bits per heavy atom. The Bertz CT molecular complexity index is 305. The van der Waals surface area contributed by atoms with E-state index < -0.39 is 0 Å². The van der Waals surface area contributed by atoms with Crippen LogP contribution in [-0.2, 0) is 0 Å². The smallest absolute Gasteiger partial charge is 0.0364 e. The highest BCUT2D eigenvalue weighted by Crippen LogP contribution is 2.15. The Morgan fingerprint density at radius 3 is 2.31 bits per heavy atom. The minimum Gasteiger partial charge on any atom is -0.373 e. The zero-order valence-electron chi connectivity index (χ0n) is 10.9. The van der Waals surface area contributed by atoms with Gasteiger partial charge in [-0.2, -0.15) is 0 Å². The number of benzene rings is 1. The number of nitrogens with zero attached hydrogens (tertiary/aromatic N) is 1. The van der Waals surface area contributed by atoms with Gasteiger partial charge in [-0.25, -0.2) is 0 Å². The van der Waals surface area contributed by atoms with Gasteiger partial charge >= 0.3 is 0 Å². The van der Waals surface area contributed by atoms with Gasteiger partial charge in [-0.05, 0) is 25.0 Å². The topological polar surface area (TPSA) is 29.3 Å². The third-order valence-corrected chi connectivity index (χ3v) is 3.33. The summed E-state index contributed by atoms with van der Waals surface area (Å²) in [7, 11) is 2.10. The summed E-state index contributed by atoms with van der Waals surface area (Å²) in [6, 6.07) is 8.83. The second kappa shape index (κ2) is 5.90. The molecular weight excluding hydrogens is 196 g/mol. The second-order valence-electron chi connectivity index (χ2n) is 4.77. The SMILES string of the molecule is CCC(C)C(N)CN(C)c1ccc(C)cc1. The summed E-state index contributed by atoms with van der Waals surface area (Å²) in [6.45, 7) is 7.43. The standard InChI is InChI=1S/C14H24N2/c1-5-12(3)14(15)10-16(4)13-8-6-11(2)7-9-13/h6-9,12,14H,5,10,15H2,1-4H3. The lowest BCUT2D eigenvalue weighted by Gasteiger charge is -2.26. The predicted molar refractivity (Wildman–Crippen MR) is 71.9 cm³/mol. The van der Waals surface area contributed by atoms with Gasteiger partial charge in [-0.1, -0.05) is 38.0 Å². The lowest BCUT2D eigenvalue weighted by Crippen LogP contribution is -2.39. The Hall–Kier alpha value is -1.02. The molecule has 0 saturated heterocycles. The van der Waals surface area contributed by atoms with Gasteiger partial charge in [0.15, 0.2) is 0 Å². The van der Waals surface area contributed by atoms with Gasteiger partial charge in [-0.15, -0.1) is 0 Å². The van der Waals surface area contributed by atoms with Crippen LogP contribution in [0.15, 0.2) is 24.3 Å². The Labute approximate surface area is 99.5 Å². The first kappa shape index (κ1) is 13.0. The molecule has 1 rings (SSSR count). The lowest BCUT2D eigenvalue weighted by atomic mass is 9.99. The molecule has 1 aromatic rings. The van der Waals surface area contributed by atoms with E-state index in [4.69, 9.17) is 5.73 Å². The Kier molecular flexibility index (Phi) is 4.81. The molecule has 0 bridgehead atoms. The summed E-state index contributed by atoms with van der Waals surface area (Å²) in [5.41, 5.74) is 8.69. The maximum absolute atomic E-state index is 6.15. The number of hydrogen-bond donors (Lipinski definition) is 1. The molecule has 0 aromatic heterocycles. The van der Waals surface area contributed by atoms with E-state index in [0.717, 1.165) is 13.0 Å². The van der Waals surface area contributed by atoms with Crippen molar-refractivity contribution in [1.82, 2.24) is 0 Å². The quantitative estimate of drug-likeness (QED) is 0.826. The van der Waals surface area contributed by atoms with Crippen molar-refractivity contribution in [3.63, 3.8) is 0 Å². The number of nitrogens with two attached hydrogens (primary N) is 1. The minimum absolute atomic E-state index is 0.247. The largest absolute Gasteiger partial charge is 0.373 e. The average molecular weight is 220 g/mol. The zero-order valence-corrected chi connectivity index (χ0v) is 10.9. The molecule has 2 unspecified atom stereocenters. The van der Waals surface area contributed by atoms with E-state index in [0.29, 0.717) is 5.92 Å². The van der Waals surface area contributed by atoms with Crippen molar-refractivity contribution in [3.8, 4) is 0 Å². The fourth-order valence-corrected chi connectivity index (χ4v) is 1.70. The van der Waals surface area contributed by atoms with Crippen LogP contribution in [0.3, 0.4) is 0 Å². The van der Waals surface area contributed by atoms with Crippen molar-refractivity contribution in [1.29, 1.82) is 0 Å². The van der Waals surface area contributed by atoms with Crippen LogP contribution in [0.2, 0.25) is 0 Å². The molecule has 2 N–H and O–H groups in total. The molecule has 0 saturated carbocycles. The van der Waals surface area contributed by atoms with Crippen LogP contribution in [0, 0.1) is 12.8 Å². The number of likely N-dealkylation sites (N-methyl/N-ethyl adjacent to an activating group) is 1. The van der Waals surface area contributed by atoms with E-state index in [2.05, 4.69) is 57.0 Å². The van der Waals surface area contributed by atoms with Crippen molar-refractivity contribution >= 4 is 5.69 Å². The number of hydrogen-bond acceptors (Lipinski definition) is 2. The Balaban J connectivity index is 2.58. The molecule has 0 heterocycles. The van der Waals surface area contributed by atoms with Crippen LogP contribution in [0.1, 0.15) is 25.8 Å². The van der Waals surface area contributed by atoms with Crippen LogP contribution < -0.4 is 10.6 Å².